The van der Waals surface area contributed by atoms with Gasteiger partial charge < -0.3 is 10.2 Å². The van der Waals surface area contributed by atoms with Crippen molar-refractivity contribution in [3.63, 3.8) is 0 Å². The summed E-state index contributed by atoms with van der Waals surface area (Å²) >= 11 is 0. The van der Waals surface area contributed by atoms with E-state index in [0.29, 0.717) is 18.8 Å². The van der Waals surface area contributed by atoms with Gasteiger partial charge in [0.1, 0.15) is 5.69 Å². The smallest absolute Gasteiger partial charge is 0.274 e. The Balaban J connectivity index is 1.27. The molecule has 1 N–H and O–H groups in total. The third kappa shape index (κ3) is 3.71. The molecule has 0 bridgehead atoms. The van der Waals surface area contributed by atoms with Crippen LogP contribution in [0.25, 0.3) is 5.65 Å². The summed E-state index contributed by atoms with van der Waals surface area (Å²) in [6.45, 7) is 1.33. The van der Waals surface area contributed by atoms with Gasteiger partial charge in [-0.2, -0.15) is 5.10 Å². The molecule has 1 aliphatic rings. The molecule has 150 valence electrons. The maximum atomic E-state index is 12.6. The fraction of sp³-hybridized carbons (Fsp3) is 0.227. The van der Waals surface area contributed by atoms with Crippen molar-refractivity contribution < 1.29 is 4.79 Å². The molecule has 8 nitrogen and oxygen atoms in total. The summed E-state index contributed by atoms with van der Waals surface area (Å²) < 4.78 is 1.82. The van der Waals surface area contributed by atoms with E-state index < -0.39 is 0 Å². The normalized spacial score (nSPS) is 14.7. The number of hydrogen-bond acceptors (Lipinski definition) is 6. The average molecular weight is 399 g/mol. The number of anilines is 2. The summed E-state index contributed by atoms with van der Waals surface area (Å²) in [5.41, 5.74) is 3.19. The Bertz CT molecular complexity index is 1150. The van der Waals surface area contributed by atoms with E-state index in [0.717, 1.165) is 35.7 Å². The molecule has 4 heterocycles. The number of likely N-dealkylation sites (tertiary alicyclic amines) is 1. The highest BCUT2D eigenvalue weighted by molar-refractivity contribution is 5.92. The highest BCUT2D eigenvalue weighted by Gasteiger charge is 2.27. The molecule has 4 aromatic rings. The van der Waals surface area contributed by atoms with Crippen molar-refractivity contribution in [2.24, 2.45) is 0 Å². The van der Waals surface area contributed by atoms with Crippen molar-refractivity contribution in [3.05, 3.63) is 78.8 Å². The van der Waals surface area contributed by atoms with Crippen molar-refractivity contribution in [3.8, 4) is 0 Å². The summed E-state index contributed by atoms with van der Waals surface area (Å²) in [7, 11) is 0. The van der Waals surface area contributed by atoms with E-state index in [9.17, 15) is 4.79 Å². The third-order valence-corrected chi connectivity index (χ3v) is 5.34. The number of fused-ring (bicyclic) bond motifs is 1. The van der Waals surface area contributed by atoms with Crippen molar-refractivity contribution in [1.82, 2.24) is 29.5 Å². The molecule has 1 fully saturated rings. The first-order valence-corrected chi connectivity index (χ1v) is 10.00. The maximum Gasteiger partial charge on any atom is 0.274 e. The summed E-state index contributed by atoms with van der Waals surface area (Å²) in [4.78, 5) is 27.2. The molecule has 0 aliphatic carbocycles. The average Bonchev–Trinajstić information content (AvgIpc) is 3.23. The fourth-order valence-electron chi connectivity index (χ4n) is 3.75. The molecule has 1 amide bonds. The number of para-hydroxylation sites is 1. The Hall–Kier alpha value is -3.81. The van der Waals surface area contributed by atoms with Crippen LogP contribution >= 0.6 is 0 Å². The Labute approximate surface area is 173 Å². The molecule has 0 atom stereocenters. The SMILES string of the molecule is O=C(c1cnccn1)N1CCC(c2nc3ccc(Nc4ccccc4)cn3n2)CC1. The zero-order valence-electron chi connectivity index (χ0n) is 16.3. The van der Waals surface area contributed by atoms with Crippen molar-refractivity contribution in [1.29, 1.82) is 0 Å². The predicted molar refractivity (Wildman–Crippen MR) is 113 cm³/mol. The zero-order valence-corrected chi connectivity index (χ0v) is 16.3. The lowest BCUT2D eigenvalue weighted by molar-refractivity contribution is 0.0704. The number of benzene rings is 1. The lowest BCUT2D eigenvalue weighted by Crippen LogP contribution is -2.38. The van der Waals surface area contributed by atoms with Gasteiger partial charge >= 0.3 is 0 Å². The second-order valence-corrected chi connectivity index (χ2v) is 7.34. The molecule has 0 unspecified atom stereocenters. The number of pyridine rings is 1. The maximum absolute atomic E-state index is 12.6. The number of amides is 1. The Morgan fingerprint density at radius 2 is 1.83 bits per heavy atom. The molecule has 0 radical (unpaired) electrons. The first-order valence-electron chi connectivity index (χ1n) is 10.00. The number of hydrogen-bond donors (Lipinski definition) is 1. The van der Waals surface area contributed by atoms with Gasteiger partial charge in [0.2, 0.25) is 0 Å². The van der Waals surface area contributed by atoms with Gasteiger partial charge in [-0.1, -0.05) is 18.2 Å². The molecule has 3 aromatic heterocycles. The molecule has 5 rings (SSSR count). The zero-order chi connectivity index (χ0) is 20.3. The Morgan fingerprint density at radius 3 is 2.60 bits per heavy atom. The van der Waals surface area contributed by atoms with Gasteiger partial charge in [-0.05, 0) is 37.1 Å². The number of nitrogens with one attached hydrogen (secondary N) is 1. The quantitative estimate of drug-likeness (QED) is 0.567. The lowest BCUT2D eigenvalue weighted by Gasteiger charge is -2.30. The number of carbonyl (C=O) groups excluding carboxylic acids is 1. The molecular formula is C22H21N7O. The minimum atomic E-state index is -0.0684. The van der Waals surface area contributed by atoms with Crippen molar-refractivity contribution in [2.75, 3.05) is 18.4 Å². The highest BCUT2D eigenvalue weighted by Crippen LogP contribution is 2.27. The van der Waals surface area contributed by atoms with Crippen LogP contribution in [0.5, 0.6) is 0 Å². The van der Waals surface area contributed by atoms with E-state index in [2.05, 4.69) is 15.3 Å². The fourth-order valence-corrected chi connectivity index (χ4v) is 3.75. The van der Waals surface area contributed by atoms with Crippen LogP contribution in [-0.4, -0.2) is 48.5 Å². The number of piperidine rings is 1. The Morgan fingerprint density at radius 1 is 1.00 bits per heavy atom. The van der Waals surface area contributed by atoms with E-state index >= 15 is 0 Å². The highest BCUT2D eigenvalue weighted by atomic mass is 16.2. The molecule has 1 aliphatic heterocycles. The molecule has 0 saturated carbocycles. The van der Waals surface area contributed by atoms with Crippen molar-refractivity contribution >= 4 is 22.9 Å². The number of nitrogens with zero attached hydrogens (tertiary/aromatic N) is 6. The van der Waals surface area contributed by atoms with Crippen LogP contribution in [0.3, 0.4) is 0 Å². The molecule has 1 aromatic carbocycles. The molecular weight excluding hydrogens is 378 g/mol. The van der Waals surface area contributed by atoms with E-state index in [1.54, 1.807) is 12.4 Å². The van der Waals surface area contributed by atoms with Gasteiger partial charge in [0.05, 0.1) is 18.1 Å². The van der Waals surface area contributed by atoms with E-state index in [-0.39, 0.29) is 11.8 Å². The van der Waals surface area contributed by atoms with Crippen LogP contribution in [0, 0.1) is 0 Å². The van der Waals surface area contributed by atoms with Crippen molar-refractivity contribution in [2.45, 2.75) is 18.8 Å². The van der Waals surface area contributed by atoms with Gasteiger partial charge in [-0.25, -0.2) is 14.5 Å². The topological polar surface area (TPSA) is 88.3 Å². The third-order valence-electron chi connectivity index (χ3n) is 5.34. The largest absolute Gasteiger partial charge is 0.354 e. The first-order chi connectivity index (χ1) is 14.8. The number of aromatic nitrogens is 5. The second-order valence-electron chi connectivity index (χ2n) is 7.34. The predicted octanol–water partition coefficient (Wildman–Crippen LogP) is 3.28. The monoisotopic (exact) mass is 399 g/mol. The van der Waals surface area contributed by atoms with Crippen LogP contribution in [0.2, 0.25) is 0 Å². The van der Waals surface area contributed by atoms with Crippen LogP contribution in [-0.2, 0) is 0 Å². The number of carbonyl (C=O) groups is 1. The van der Waals surface area contributed by atoms with Crippen LogP contribution in [0.1, 0.15) is 35.1 Å². The van der Waals surface area contributed by atoms with E-state index in [1.165, 1.54) is 6.20 Å². The summed E-state index contributed by atoms with van der Waals surface area (Å²) in [5, 5.41) is 8.08. The van der Waals surface area contributed by atoms with E-state index in [1.807, 2.05) is 58.1 Å². The van der Waals surface area contributed by atoms with Crippen LogP contribution in [0.4, 0.5) is 11.4 Å². The van der Waals surface area contributed by atoms with Gasteiger partial charge in [0, 0.05) is 37.1 Å². The summed E-state index contributed by atoms with van der Waals surface area (Å²) in [6.07, 6.45) is 8.24. The lowest BCUT2D eigenvalue weighted by atomic mass is 9.96. The Kier molecular flexibility index (Phi) is 4.80. The van der Waals surface area contributed by atoms with Crippen LogP contribution < -0.4 is 5.32 Å². The summed E-state index contributed by atoms with van der Waals surface area (Å²) in [5.74, 6) is 1.00. The van der Waals surface area contributed by atoms with E-state index in [4.69, 9.17) is 10.1 Å². The molecule has 30 heavy (non-hydrogen) atoms. The van der Waals surface area contributed by atoms with Gasteiger partial charge in [-0.3, -0.25) is 9.78 Å². The van der Waals surface area contributed by atoms with Crippen LogP contribution in [0.15, 0.2) is 67.3 Å². The number of rotatable bonds is 4. The molecule has 1 saturated heterocycles. The molecule has 8 heteroatoms. The minimum absolute atomic E-state index is 0.0684. The summed E-state index contributed by atoms with van der Waals surface area (Å²) in [6, 6.07) is 14.0. The minimum Gasteiger partial charge on any atom is -0.354 e. The standard InChI is InChI=1S/C22H21N7O/c30-22(19-14-23-10-11-24-19)28-12-8-16(9-13-28)21-26-20-7-6-18(15-29(20)27-21)25-17-4-2-1-3-5-17/h1-7,10-11,14-16,25H,8-9,12-13H2. The van der Waals surface area contributed by atoms with Gasteiger partial charge in [0.25, 0.3) is 5.91 Å². The van der Waals surface area contributed by atoms with Gasteiger partial charge in [0.15, 0.2) is 11.5 Å². The van der Waals surface area contributed by atoms with Gasteiger partial charge in [-0.15, -0.1) is 0 Å². The second kappa shape index (κ2) is 7.90. The first kappa shape index (κ1) is 18.2. The molecule has 0 spiro atoms.